The Balaban J connectivity index is 1.27. The highest BCUT2D eigenvalue weighted by Crippen LogP contribution is 2.46. The standard InChI is InChI=1S/C34H44N6O8S2/c1-33(2,3)48-32(45)37-24-13-8-6-4-5-7-11-20-18-34(20,31(44)39-50(46,47)22-15-16-22)38-27(41)25-17-21(19-40(25)30(24)43)35-28(42)29-36-23-12-9-10-14-26(23)49-29/h7,9-12,14,20-22,24-25H,4-6,8,13,15-19H2,1-3H3,(H,35,42)(H,37,45)(H,38,41)(H,39,44)/b11-7-/t20-,21+,24-,25-,34+/m0/s1. The van der Waals surface area contributed by atoms with Gasteiger partial charge in [-0.3, -0.25) is 23.9 Å². The molecule has 2 aliphatic heterocycles. The molecule has 4 aliphatic rings. The van der Waals surface area contributed by atoms with Gasteiger partial charge in [0.2, 0.25) is 21.8 Å². The van der Waals surface area contributed by atoms with Crippen LogP contribution in [0.25, 0.3) is 10.2 Å². The van der Waals surface area contributed by atoms with Crippen molar-refractivity contribution in [2.75, 3.05) is 6.54 Å². The second-order valence-corrected chi connectivity index (χ2v) is 17.6. The van der Waals surface area contributed by atoms with Gasteiger partial charge in [-0.1, -0.05) is 37.1 Å². The Bertz CT molecular complexity index is 1780. The zero-order valence-corrected chi connectivity index (χ0v) is 30.0. The highest BCUT2D eigenvalue weighted by molar-refractivity contribution is 7.91. The second-order valence-electron chi connectivity index (χ2n) is 14.6. The molecule has 2 aliphatic carbocycles. The number of nitrogens with one attached hydrogen (secondary N) is 4. The van der Waals surface area contributed by atoms with Crippen LogP contribution in [0.1, 0.15) is 88.4 Å². The van der Waals surface area contributed by atoms with Crippen LogP contribution in [-0.2, 0) is 29.1 Å². The maximum absolute atomic E-state index is 14.3. The number of thiazole rings is 1. The molecular formula is C34H44N6O8S2. The third-order valence-electron chi connectivity index (χ3n) is 9.40. The molecule has 0 spiro atoms. The molecule has 0 radical (unpaired) electrons. The van der Waals surface area contributed by atoms with E-state index in [2.05, 4.69) is 25.7 Å². The van der Waals surface area contributed by atoms with E-state index >= 15 is 0 Å². The average Bonchev–Trinajstić information content (AvgIpc) is 3.92. The topological polar surface area (TPSA) is 193 Å². The molecule has 5 atom stereocenters. The van der Waals surface area contributed by atoms with E-state index in [4.69, 9.17) is 4.74 Å². The molecule has 2 saturated carbocycles. The number of alkyl carbamates (subject to hydrolysis) is 1. The molecule has 0 unspecified atom stereocenters. The summed E-state index contributed by atoms with van der Waals surface area (Å²) in [6.07, 6.45) is 7.27. The van der Waals surface area contributed by atoms with E-state index in [1.54, 1.807) is 26.8 Å². The van der Waals surface area contributed by atoms with E-state index in [9.17, 15) is 32.4 Å². The average molecular weight is 729 g/mol. The van der Waals surface area contributed by atoms with Crippen LogP contribution in [0.3, 0.4) is 0 Å². The lowest BCUT2D eigenvalue weighted by atomic mass is 10.0. The number of fused-ring (bicyclic) bond motifs is 3. The molecule has 50 heavy (non-hydrogen) atoms. The van der Waals surface area contributed by atoms with E-state index in [0.29, 0.717) is 37.6 Å². The number of carbonyl (C=O) groups is 5. The Labute approximate surface area is 295 Å². The fourth-order valence-corrected chi connectivity index (χ4v) is 8.80. The molecule has 3 fully saturated rings. The van der Waals surface area contributed by atoms with Crippen molar-refractivity contribution in [2.45, 2.75) is 113 Å². The fourth-order valence-electron chi connectivity index (χ4n) is 6.57. The fraction of sp³-hybridized carbons (Fsp3) is 0.588. The minimum Gasteiger partial charge on any atom is -0.444 e. The lowest BCUT2D eigenvalue weighted by Crippen LogP contribution is -2.58. The molecule has 1 aromatic carbocycles. The number of nitrogens with zero attached hydrogens (tertiary/aromatic N) is 2. The second kappa shape index (κ2) is 13.9. The van der Waals surface area contributed by atoms with Gasteiger partial charge in [-0.2, -0.15) is 0 Å². The van der Waals surface area contributed by atoms with Gasteiger partial charge in [0, 0.05) is 18.5 Å². The van der Waals surface area contributed by atoms with Gasteiger partial charge in [0.25, 0.3) is 11.8 Å². The summed E-state index contributed by atoms with van der Waals surface area (Å²) in [5, 5.41) is 8.05. The van der Waals surface area contributed by atoms with Crippen LogP contribution in [0.4, 0.5) is 4.79 Å². The van der Waals surface area contributed by atoms with Crippen LogP contribution in [0.15, 0.2) is 36.4 Å². The minimum absolute atomic E-state index is 0.0198. The third kappa shape index (κ3) is 8.12. The van der Waals surface area contributed by atoms with Crippen molar-refractivity contribution in [3.05, 3.63) is 41.4 Å². The van der Waals surface area contributed by atoms with Crippen LogP contribution < -0.4 is 20.7 Å². The summed E-state index contributed by atoms with van der Waals surface area (Å²) in [5.74, 6) is -2.88. The zero-order valence-electron chi connectivity index (χ0n) is 28.4. The minimum atomic E-state index is -3.89. The predicted molar refractivity (Wildman–Crippen MR) is 185 cm³/mol. The largest absolute Gasteiger partial charge is 0.444 e. The normalized spacial score (nSPS) is 28.3. The Morgan fingerprint density at radius 3 is 2.54 bits per heavy atom. The first-order valence-electron chi connectivity index (χ1n) is 17.2. The Kier molecular flexibility index (Phi) is 9.96. The molecule has 6 rings (SSSR count). The first-order valence-corrected chi connectivity index (χ1v) is 19.5. The number of hydrogen-bond acceptors (Lipinski definition) is 10. The molecule has 4 N–H and O–H groups in total. The first-order chi connectivity index (χ1) is 23.6. The number of amides is 5. The number of hydrogen-bond donors (Lipinski definition) is 4. The number of allylic oxidation sites excluding steroid dienone is 1. The van der Waals surface area contributed by atoms with Gasteiger partial charge in [0.1, 0.15) is 23.2 Å². The zero-order chi connectivity index (χ0) is 35.8. The number of benzene rings is 1. The van der Waals surface area contributed by atoms with Crippen molar-refractivity contribution in [1.82, 2.24) is 30.6 Å². The summed E-state index contributed by atoms with van der Waals surface area (Å²) >= 11 is 1.22. The highest BCUT2D eigenvalue weighted by atomic mass is 32.2. The molecule has 3 heterocycles. The van der Waals surface area contributed by atoms with Crippen LogP contribution in [-0.4, -0.2) is 89.1 Å². The number of rotatable bonds is 6. The number of sulfonamides is 1. The van der Waals surface area contributed by atoms with Crippen LogP contribution in [0.2, 0.25) is 0 Å². The number of ether oxygens (including phenoxy) is 1. The number of carbonyl (C=O) groups excluding carboxylic acids is 5. The van der Waals surface area contributed by atoms with Gasteiger partial charge in [-0.25, -0.2) is 18.2 Å². The van der Waals surface area contributed by atoms with Gasteiger partial charge < -0.3 is 25.6 Å². The van der Waals surface area contributed by atoms with Crippen molar-refractivity contribution < 1.29 is 37.1 Å². The van der Waals surface area contributed by atoms with E-state index in [1.807, 2.05) is 30.4 Å². The molecule has 0 bridgehead atoms. The molecule has 14 nitrogen and oxygen atoms in total. The molecule has 1 aromatic heterocycles. The Morgan fingerprint density at radius 2 is 1.82 bits per heavy atom. The highest BCUT2D eigenvalue weighted by Gasteiger charge is 2.62. The van der Waals surface area contributed by atoms with Crippen LogP contribution >= 0.6 is 11.3 Å². The van der Waals surface area contributed by atoms with Crippen molar-refractivity contribution in [1.29, 1.82) is 0 Å². The molecular weight excluding hydrogens is 685 g/mol. The summed E-state index contributed by atoms with van der Waals surface area (Å²) in [7, 11) is -3.89. The van der Waals surface area contributed by atoms with Gasteiger partial charge in [-0.05, 0) is 77.8 Å². The summed E-state index contributed by atoms with van der Waals surface area (Å²) < 4.78 is 34.0. The lowest BCUT2D eigenvalue weighted by molar-refractivity contribution is -0.141. The van der Waals surface area contributed by atoms with Crippen LogP contribution in [0.5, 0.6) is 0 Å². The molecule has 1 saturated heterocycles. The maximum Gasteiger partial charge on any atom is 0.408 e. The SMILES string of the molecule is CC(C)(C)OC(=O)N[C@H]1CCCCC/C=C\[C@H]2C[C@@]2(C(=O)NS(=O)(=O)C2CC2)NC(=O)[C@@H]2C[C@@H](NC(=O)c3nc4ccccc4s3)CN2C1=O. The van der Waals surface area contributed by atoms with Crippen molar-refractivity contribution >= 4 is 61.3 Å². The quantitative estimate of drug-likeness (QED) is 0.324. The molecule has 2 aromatic rings. The summed E-state index contributed by atoms with van der Waals surface area (Å²) in [6.45, 7) is 5.10. The van der Waals surface area contributed by atoms with Gasteiger partial charge in [0.15, 0.2) is 5.01 Å². The van der Waals surface area contributed by atoms with E-state index in [-0.39, 0.29) is 24.4 Å². The van der Waals surface area contributed by atoms with Crippen LogP contribution in [0, 0.1) is 5.92 Å². The molecule has 5 amide bonds. The smallest absolute Gasteiger partial charge is 0.408 e. The van der Waals surface area contributed by atoms with E-state index < -0.39 is 80.2 Å². The molecule has 16 heteroatoms. The monoisotopic (exact) mass is 728 g/mol. The lowest BCUT2D eigenvalue weighted by Gasteiger charge is -2.30. The van der Waals surface area contributed by atoms with Gasteiger partial charge in [-0.15, -0.1) is 11.3 Å². The first kappa shape index (κ1) is 35.8. The number of para-hydroxylation sites is 1. The summed E-state index contributed by atoms with van der Waals surface area (Å²) in [4.78, 5) is 74.1. The summed E-state index contributed by atoms with van der Waals surface area (Å²) in [5.41, 5.74) is -1.65. The van der Waals surface area contributed by atoms with Gasteiger partial charge >= 0.3 is 6.09 Å². The maximum atomic E-state index is 14.3. The third-order valence-corrected chi connectivity index (χ3v) is 12.2. The van der Waals surface area contributed by atoms with E-state index in [0.717, 1.165) is 17.5 Å². The Morgan fingerprint density at radius 1 is 1.06 bits per heavy atom. The van der Waals surface area contributed by atoms with Crippen molar-refractivity contribution in [3.63, 3.8) is 0 Å². The van der Waals surface area contributed by atoms with E-state index in [1.165, 1.54) is 16.2 Å². The predicted octanol–water partition coefficient (Wildman–Crippen LogP) is 2.89. The van der Waals surface area contributed by atoms with Gasteiger partial charge in [0.05, 0.1) is 15.5 Å². The summed E-state index contributed by atoms with van der Waals surface area (Å²) in [6, 6.07) is 4.53. The molecule has 270 valence electrons. The van der Waals surface area contributed by atoms with Crippen molar-refractivity contribution in [2.24, 2.45) is 5.92 Å². The number of aromatic nitrogens is 1. The van der Waals surface area contributed by atoms with Crippen molar-refractivity contribution in [3.8, 4) is 0 Å². The Hall–Kier alpha value is -4.05.